The van der Waals surface area contributed by atoms with E-state index in [0.717, 1.165) is 13.1 Å². The van der Waals surface area contributed by atoms with Crippen LogP contribution in [0.2, 0.25) is 8.94 Å². The summed E-state index contributed by atoms with van der Waals surface area (Å²) in [5, 5.41) is 0. The van der Waals surface area contributed by atoms with Crippen LogP contribution in [0.5, 0.6) is 0 Å². The summed E-state index contributed by atoms with van der Waals surface area (Å²) in [7, 11) is 0. The summed E-state index contributed by atoms with van der Waals surface area (Å²) < 4.78 is 2.50. The second kappa shape index (κ2) is 16.1. The van der Waals surface area contributed by atoms with E-state index in [2.05, 4.69) is 0 Å². The first-order valence-electron chi connectivity index (χ1n) is 2.39. The van der Waals surface area contributed by atoms with E-state index >= 15 is 0 Å². The van der Waals surface area contributed by atoms with E-state index in [9.17, 15) is 0 Å². The van der Waals surface area contributed by atoms with Gasteiger partial charge in [-0.1, -0.05) is 0 Å². The molecule has 0 aliphatic rings. The zero-order valence-electron chi connectivity index (χ0n) is 5.21. The molecule has 0 radical (unpaired) electrons. The standard InChI is InChI=1S/C4H12N2Te.2ClH/c5-1-3-7-4-2-6;;/h1-6H2;2*1H. The number of halogens is 2. The van der Waals surface area contributed by atoms with E-state index in [1.54, 1.807) is 0 Å². The van der Waals surface area contributed by atoms with Crippen molar-refractivity contribution in [2.24, 2.45) is 11.5 Å². The van der Waals surface area contributed by atoms with E-state index in [1.807, 2.05) is 0 Å². The first-order chi connectivity index (χ1) is 3.41. The zero-order valence-corrected chi connectivity index (χ0v) is 9.17. The molecular weight excluding hydrogens is 275 g/mol. The quantitative estimate of drug-likeness (QED) is 0.577. The van der Waals surface area contributed by atoms with Gasteiger partial charge in [-0.3, -0.25) is 0 Å². The number of hydrogen-bond acceptors (Lipinski definition) is 2. The molecule has 0 fully saturated rings. The van der Waals surface area contributed by atoms with Gasteiger partial charge in [-0.15, -0.1) is 24.8 Å². The molecule has 2 nitrogen and oxygen atoms in total. The fraction of sp³-hybridized carbons (Fsp3) is 1.00. The molecule has 0 saturated heterocycles. The first kappa shape index (κ1) is 16.7. The van der Waals surface area contributed by atoms with Crippen molar-refractivity contribution in [2.75, 3.05) is 13.1 Å². The summed E-state index contributed by atoms with van der Waals surface area (Å²) in [6.45, 7) is 1.73. The third kappa shape index (κ3) is 17.6. The molecule has 0 unspecified atom stereocenters. The van der Waals surface area contributed by atoms with Gasteiger partial charge in [0.05, 0.1) is 0 Å². The summed E-state index contributed by atoms with van der Waals surface area (Å²) >= 11 is 0.227. The Morgan fingerprint density at radius 3 is 1.44 bits per heavy atom. The Hall–Kier alpha value is 1.29. The zero-order chi connectivity index (χ0) is 5.54. The predicted molar refractivity (Wildman–Crippen MR) is 48.0 cm³/mol. The van der Waals surface area contributed by atoms with Crippen molar-refractivity contribution in [1.82, 2.24) is 0 Å². The number of nitrogens with two attached hydrogens (primary N) is 2. The van der Waals surface area contributed by atoms with Gasteiger partial charge in [0, 0.05) is 0 Å². The summed E-state index contributed by atoms with van der Waals surface area (Å²) in [5.74, 6) is 0. The molecule has 4 N–H and O–H groups in total. The molecule has 0 aromatic carbocycles. The second-order valence-electron chi connectivity index (χ2n) is 1.19. The van der Waals surface area contributed by atoms with Gasteiger partial charge < -0.3 is 0 Å². The summed E-state index contributed by atoms with van der Waals surface area (Å²) in [5.41, 5.74) is 10.5. The fourth-order valence-corrected chi connectivity index (χ4v) is 1.80. The van der Waals surface area contributed by atoms with E-state index in [-0.39, 0.29) is 45.7 Å². The SMILES string of the molecule is Cl.Cl.NCC[Te]CCN. The van der Waals surface area contributed by atoms with E-state index in [4.69, 9.17) is 11.5 Å². The van der Waals surface area contributed by atoms with Crippen LogP contribution >= 0.6 is 24.8 Å². The molecule has 0 aromatic heterocycles. The molecule has 0 bridgehead atoms. The van der Waals surface area contributed by atoms with Crippen molar-refractivity contribution >= 4 is 45.7 Å². The van der Waals surface area contributed by atoms with Crippen molar-refractivity contribution < 1.29 is 0 Å². The maximum absolute atomic E-state index is 5.26. The van der Waals surface area contributed by atoms with E-state index in [1.165, 1.54) is 8.94 Å². The minimum absolute atomic E-state index is 0. The monoisotopic (exact) mass is 290 g/mol. The summed E-state index contributed by atoms with van der Waals surface area (Å²) in [6.07, 6.45) is 0. The second-order valence-corrected chi connectivity index (χ2v) is 4.69. The molecule has 5 heteroatoms. The Morgan fingerprint density at radius 1 is 0.889 bits per heavy atom. The molecule has 0 saturated carbocycles. The molecule has 0 spiro atoms. The normalized spacial score (nSPS) is 7.33. The van der Waals surface area contributed by atoms with Gasteiger partial charge in [0.1, 0.15) is 0 Å². The fourth-order valence-electron chi connectivity index (χ4n) is 0.269. The molecule has 9 heavy (non-hydrogen) atoms. The van der Waals surface area contributed by atoms with Gasteiger partial charge in [-0.25, -0.2) is 0 Å². The third-order valence-electron chi connectivity index (χ3n) is 0.524. The van der Waals surface area contributed by atoms with Crippen LogP contribution in [0.3, 0.4) is 0 Å². The molecule has 0 amide bonds. The van der Waals surface area contributed by atoms with Crippen LogP contribution in [0, 0.1) is 0 Å². The van der Waals surface area contributed by atoms with Gasteiger partial charge >= 0.3 is 54.4 Å². The maximum atomic E-state index is 5.26. The molecule has 0 aliphatic carbocycles. The summed E-state index contributed by atoms with van der Waals surface area (Å²) in [6, 6.07) is 0. The summed E-state index contributed by atoms with van der Waals surface area (Å²) in [4.78, 5) is 0. The van der Waals surface area contributed by atoms with Gasteiger partial charge in [-0.05, 0) is 0 Å². The molecule has 60 valence electrons. The Labute approximate surface area is 79.0 Å². The van der Waals surface area contributed by atoms with E-state index in [0.29, 0.717) is 0 Å². The van der Waals surface area contributed by atoms with Gasteiger partial charge in [0.25, 0.3) is 0 Å². The van der Waals surface area contributed by atoms with Crippen LogP contribution in [0.1, 0.15) is 0 Å². The van der Waals surface area contributed by atoms with Crippen LogP contribution in [-0.2, 0) is 0 Å². The Bertz CT molecular complexity index is 35.7. The molecule has 0 aromatic rings. The van der Waals surface area contributed by atoms with Crippen molar-refractivity contribution in [3.05, 3.63) is 0 Å². The van der Waals surface area contributed by atoms with Crippen molar-refractivity contribution in [3.8, 4) is 0 Å². The first-order valence-corrected chi connectivity index (χ1v) is 5.69. The Morgan fingerprint density at radius 2 is 1.22 bits per heavy atom. The number of rotatable bonds is 4. The average Bonchev–Trinajstić information content (AvgIpc) is 1.69. The van der Waals surface area contributed by atoms with E-state index < -0.39 is 0 Å². The molecule has 0 atom stereocenters. The van der Waals surface area contributed by atoms with Crippen molar-refractivity contribution in [2.45, 2.75) is 8.94 Å². The van der Waals surface area contributed by atoms with Crippen LogP contribution in [-0.4, -0.2) is 34.0 Å². The Kier molecular flexibility index (Phi) is 30.0. The third-order valence-corrected chi connectivity index (χ3v) is 3.52. The minimum atomic E-state index is 0. The van der Waals surface area contributed by atoms with Crippen LogP contribution in [0.25, 0.3) is 0 Å². The van der Waals surface area contributed by atoms with Gasteiger partial charge in [0.15, 0.2) is 0 Å². The van der Waals surface area contributed by atoms with Crippen LogP contribution < -0.4 is 11.5 Å². The van der Waals surface area contributed by atoms with Crippen LogP contribution in [0.4, 0.5) is 0 Å². The molecule has 0 aliphatic heterocycles. The molecular formula is C4H14Cl2N2Te. The Balaban J connectivity index is -0.000000180. The van der Waals surface area contributed by atoms with Crippen molar-refractivity contribution in [3.63, 3.8) is 0 Å². The molecule has 0 rings (SSSR count). The van der Waals surface area contributed by atoms with Crippen molar-refractivity contribution in [1.29, 1.82) is 0 Å². The van der Waals surface area contributed by atoms with Gasteiger partial charge in [-0.2, -0.15) is 0 Å². The van der Waals surface area contributed by atoms with Crippen LogP contribution in [0.15, 0.2) is 0 Å². The van der Waals surface area contributed by atoms with Gasteiger partial charge in [0.2, 0.25) is 0 Å². The number of hydrogen-bond donors (Lipinski definition) is 2. The molecule has 0 heterocycles. The topological polar surface area (TPSA) is 52.0 Å². The predicted octanol–water partition coefficient (Wildman–Crippen LogP) is 0.288. The average molecular weight is 289 g/mol.